The van der Waals surface area contributed by atoms with E-state index in [2.05, 4.69) is 69.7 Å². The van der Waals surface area contributed by atoms with Gasteiger partial charge in [-0.05, 0) is 0 Å². The molecule has 122 valence electrons. The third-order valence-electron chi connectivity index (χ3n) is 5.47. The van der Waals surface area contributed by atoms with E-state index >= 15 is 0 Å². The van der Waals surface area contributed by atoms with E-state index in [0.29, 0.717) is 9.92 Å². The number of hydrogen-bond donors (Lipinski definition) is 0. The standard InChI is InChI=1S/C9H7.C7H9.C2H6P2.2ClH.Hf/c1-2-5-9-7-3-6-8(9)4-1;1-6-3-4-7(2)5-6;1-3-4-2;;;/h1-7H;5H,3H2,1-2H3;1-2H3;2*1H;/q;;-2;;;+4/p-2. The Labute approximate surface area is 158 Å². The molecule has 0 N–H and O–H groups in total. The summed E-state index contributed by atoms with van der Waals surface area (Å²) in [5.41, 5.74) is 6.44. The van der Waals surface area contributed by atoms with Crippen LogP contribution in [0.2, 0.25) is 0 Å². The molecule has 1 fully saturated rings. The van der Waals surface area contributed by atoms with Crippen molar-refractivity contribution < 1.29 is 43.6 Å². The van der Waals surface area contributed by atoms with Crippen molar-refractivity contribution in [3.63, 3.8) is 0 Å². The molecule has 0 nitrogen and oxygen atoms in total. The van der Waals surface area contributed by atoms with Gasteiger partial charge >= 0.3 is 134 Å². The third-order valence-corrected chi connectivity index (χ3v) is 89.6. The molecule has 2 aliphatic carbocycles. The summed E-state index contributed by atoms with van der Waals surface area (Å²) in [6.07, 6.45) is 8.81. The molecule has 3 aliphatic rings. The van der Waals surface area contributed by atoms with Gasteiger partial charge in [-0.2, -0.15) is 0 Å². The molecule has 0 amide bonds. The Bertz CT molecular complexity index is 715. The van der Waals surface area contributed by atoms with Crippen molar-refractivity contribution >= 4 is 16.0 Å². The molecule has 1 aliphatic heterocycles. The number of fused-ring (bicyclic) bond motifs is 1. The summed E-state index contributed by atoms with van der Waals surface area (Å²) in [4.78, 5) is 0.746. The fourth-order valence-electron chi connectivity index (χ4n) is 4.39. The molecule has 5 heteroatoms. The number of rotatable bonds is 2. The van der Waals surface area contributed by atoms with Gasteiger partial charge in [0.1, 0.15) is 0 Å². The van der Waals surface area contributed by atoms with Gasteiger partial charge < -0.3 is 24.8 Å². The Morgan fingerprint density at radius 2 is 1.70 bits per heavy atom. The fraction of sp³-hybridized carbons (Fsp3) is 0.333. The van der Waals surface area contributed by atoms with Crippen LogP contribution in [0.4, 0.5) is 0 Å². The van der Waals surface area contributed by atoms with E-state index in [0.717, 1.165) is 3.67 Å². The van der Waals surface area contributed by atoms with Crippen LogP contribution in [0.1, 0.15) is 35.1 Å². The first-order chi connectivity index (χ1) is 10.1. The van der Waals surface area contributed by atoms with Crippen LogP contribution in [0, 0.1) is 0 Å². The smallest absolute Gasteiger partial charge is 1.00 e. The van der Waals surface area contributed by atoms with E-state index < -0.39 is 18.8 Å². The van der Waals surface area contributed by atoms with Crippen molar-refractivity contribution in [2.24, 2.45) is 0 Å². The molecule has 1 heterocycles. The summed E-state index contributed by atoms with van der Waals surface area (Å²) >= 11 is -2.34. The normalized spacial score (nSPS) is 31.0. The molecule has 0 spiro atoms. The van der Waals surface area contributed by atoms with Crippen LogP contribution < -0.4 is 24.8 Å². The minimum atomic E-state index is -2.34. The summed E-state index contributed by atoms with van der Waals surface area (Å²) in [6, 6.07) is 9.16. The van der Waals surface area contributed by atoms with Crippen LogP contribution in [0.25, 0.3) is 6.08 Å². The zero-order valence-electron chi connectivity index (χ0n) is 14.0. The second-order valence-corrected chi connectivity index (χ2v) is 58.9. The number of hydrogen-bond acceptors (Lipinski definition) is 0. The third kappa shape index (κ3) is 2.84. The predicted molar refractivity (Wildman–Crippen MR) is 95.0 cm³/mol. The molecular weight excluding hydrogens is 528 g/mol. The van der Waals surface area contributed by atoms with Crippen molar-refractivity contribution in [2.75, 3.05) is 13.3 Å². The Hall–Kier alpha value is 0.750. The molecule has 23 heavy (non-hydrogen) atoms. The molecule has 4 rings (SSSR count). The van der Waals surface area contributed by atoms with E-state index in [1.54, 1.807) is 16.7 Å². The molecule has 1 aromatic carbocycles. The molecule has 0 bridgehead atoms. The maximum atomic E-state index is 2.64. The summed E-state index contributed by atoms with van der Waals surface area (Å²) in [5.74, 6) is 0. The summed E-state index contributed by atoms with van der Waals surface area (Å²) in [7, 11) is 0. The quantitative estimate of drug-likeness (QED) is 0.373. The van der Waals surface area contributed by atoms with Crippen LogP contribution in [0.15, 0.2) is 50.9 Å². The average molecular weight is 550 g/mol. The van der Waals surface area contributed by atoms with Crippen LogP contribution in [-0.4, -0.2) is 13.3 Å². The Morgan fingerprint density at radius 3 is 2.26 bits per heavy atom. The van der Waals surface area contributed by atoms with Crippen LogP contribution >= 0.6 is 9.92 Å². The summed E-state index contributed by atoms with van der Waals surface area (Å²) in [5, 5.41) is 0. The molecule has 3 unspecified atom stereocenters. The molecule has 1 aromatic rings. The zero-order chi connectivity index (χ0) is 14.8. The van der Waals surface area contributed by atoms with Gasteiger partial charge in [0.25, 0.3) is 0 Å². The van der Waals surface area contributed by atoms with Gasteiger partial charge in [0.2, 0.25) is 0 Å². The van der Waals surface area contributed by atoms with Crippen LogP contribution in [-0.2, 0) is 18.8 Å². The van der Waals surface area contributed by atoms with Crippen molar-refractivity contribution in [3.05, 3.63) is 62.0 Å². The van der Waals surface area contributed by atoms with E-state index in [1.807, 2.05) is 3.33 Å². The van der Waals surface area contributed by atoms with Gasteiger partial charge in [0, 0.05) is 0 Å². The van der Waals surface area contributed by atoms with E-state index in [1.165, 1.54) is 12.0 Å². The number of allylic oxidation sites excluding steroid dienone is 5. The van der Waals surface area contributed by atoms with Crippen molar-refractivity contribution in [1.82, 2.24) is 0 Å². The van der Waals surface area contributed by atoms with Crippen LogP contribution in [0.5, 0.6) is 0 Å². The van der Waals surface area contributed by atoms with E-state index in [-0.39, 0.29) is 24.8 Å². The molecule has 0 radical (unpaired) electrons. The van der Waals surface area contributed by atoms with E-state index in [4.69, 9.17) is 0 Å². The first-order valence-electron chi connectivity index (χ1n) is 7.69. The second kappa shape index (κ2) is 7.17. The molecule has 3 atom stereocenters. The Kier molecular flexibility index (Phi) is 6.25. The van der Waals surface area contributed by atoms with Gasteiger partial charge in [0.15, 0.2) is 0 Å². The SMILES string of the molecule is CC1=CC(C)=[C]([Hf+2]2([CH]3C=Cc4ccccc43)[P](C)[P]2C)C1.[Cl-].[Cl-]. The van der Waals surface area contributed by atoms with Crippen molar-refractivity contribution in [2.45, 2.75) is 23.9 Å². The topological polar surface area (TPSA) is 0 Å². The summed E-state index contributed by atoms with van der Waals surface area (Å²) in [6.45, 7) is 10.0. The van der Waals surface area contributed by atoms with Gasteiger partial charge in [-0.3, -0.25) is 0 Å². The number of benzene rings is 1. The first kappa shape index (κ1) is 20.1. The van der Waals surface area contributed by atoms with Gasteiger partial charge in [0.05, 0.1) is 0 Å². The minimum Gasteiger partial charge on any atom is -1.00 e. The Morgan fingerprint density at radius 1 is 1.04 bits per heavy atom. The molecule has 0 saturated carbocycles. The first-order valence-corrected chi connectivity index (χ1v) is 25.5. The summed E-state index contributed by atoms with van der Waals surface area (Å²) < 4.78 is 2.85. The fourth-order valence-corrected chi connectivity index (χ4v) is 127. The van der Waals surface area contributed by atoms with Crippen molar-refractivity contribution in [3.8, 4) is 0 Å². The molecular formula is C18H22Cl2HfP2. The monoisotopic (exact) mass is 550 g/mol. The molecule has 1 saturated heterocycles. The minimum absolute atomic E-state index is 0. The van der Waals surface area contributed by atoms with Gasteiger partial charge in [-0.1, -0.05) is 0 Å². The zero-order valence-corrected chi connectivity index (χ0v) is 20.9. The van der Waals surface area contributed by atoms with Crippen LogP contribution in [0.3, 0.4) is 0 Å². The molecule has 0 aromatic heterocycles. The largest absolute Gasteiger partial charge is 1.00 e. The van der Waals surface area contributed by atoms with Crippen molar-refractivity contribution in [1.29, 1.82) is 0 Å². The predicted octanol–water partition coefficient (Wildman–Crippen LogP) is 0.522. The number of halogens is 2. The average Bonchev–Trinajstić information content (AvgIpc) is 2.86. The maximum Gasteiger partial charge on any atom is -1.00 e. The van der Waals surface area contributed by atoms with E-state index in [9.17, 15) is 0 Å². The van der Waals surface area contributed by atoms with Gasteiger partial charge in [-0.25, -0.2) is 0 Å². The second-order valence-electron chi connectivity index (χ2n) is 6.57. The maximum absolute atomic E-state index is 2.64. The Balaban J connectivity index is 0.000000960. The van der Waals surface area contributed by atoms with Gasteiger partial charge in [-0.15, -0.1) is 0 Å².